The molecule has 0 bridgehead atoms. The molecule has 8 aromatic carbocycles. The Morgan fingerprint density at radius 3 is 1.67 bits per heavy atom. The van der Waals surface area contributed by atoms with Crippen molar-refractivity contribution in [2.75, 3.05) is 0 Å². The maximum atomic E-state index is 6.79. The van der Waals surface area contributed by atoms with E-state index in [0.717, 1.165) is 122 Å². The van der Waals surface area contributed by atoms with Gasteiger partial charge in [0.1, 0.15) is 16.9 Å². The van der Waals surface area contributed by atoms with Crippen LogP contribution in [0.3, 0.4) is 0 Å². The third-order valence-electron chi connectivity index (χ3n) is 12.4. The third kappa shape index (κ3) is 5.48. The molecule has 5 aromatic heterocycles. The van der Waals surface area contributed by atoms with Crippen LogP contribution in [-0.2, 0) is 0 Å². The Bertz CT molecular complexity index is 3870. The highest BCUT2D eigenvalue weighted by Gasteiger charge is 2.26. The van der Waals surface area contributed by atoms with E-state index in [1.807, 2.05) is 42.7 Å². The van der Waals surface area contributed by atoms with Crippen molar-refractivity contribution in [1.29, 1.82) is 0 Å². The molecule has 0 aliphatic heterocycles. The Balaban J connectivity index is 1.22. The van der Waals surface area contributed by atoms with Crippen LogP contribution in [0.5, 0.6) is 0 Å². The van der Waals surface area contributed by atoms with Gasteiger partial charge in [0, 0.05) is 61.7 Å². The maximum Gasteiger partial charge on any atom is 0.165 e. The van der Waals surface area contributed by atoms with Crippen LogP contribution in [0.15, 0.2) is 217 Å². The minimum atomic E-state index is 0.728. The summed E-state index contributed by atoms with van der Waals surface area (Å²) < 4.78 is 11.5. The number of fused-ring (bicyclic) bond motifs is 10. The minimum Gasteiger partial charge on any atom is -0.455 e. The molecule has 5 heterocycles. The zero-order valence-electron chi connectivity index (χ0n) is 33.9. The number of furan rings is 1. The SMILES string of the molecule is c1ccc(-c2ccc3c4cc5c6c7oc8ccccc8c7ccc6n(-c6ccccc6)c5cc4n(-c4nc(-c5ccccc5)c(-c5ccccc5)nc4-c4ccncc4)c3c2)cc1. The van der Waals surface area contributed by atoms with Crippen LogP contribution in [0.2, 0.25) is 0 Å². The number of benzene rings is 8. The van der Waals surface area contributed by atoms with Gasteiger partial charge < -0.3 is 8.98 Å². The maximum absolute atomic E-state index is 6.79. The average molecular weight is 806 g/mol. The van der Waals surface area contributed by atoms with Gasteiger partial charge in [-0.25, -0.2) is 9.97 Å². The molecule has 0 saturated carbocycles. The summed E-state index contributed by atoms with van der Waals surface area (Å²) in [4.78, 5) is 15.8. The van der Waals surface area contributed by atoms with Gasteiger partial charge in [0.25, 0.3) is 0 Å². The first kappa shape index (κ1) is 35.2. The number of hydrogen-bond acceptors (Lipinski definition) is 4. The predicted octanol–water partition coefficient (Wildman–Crippen LogP) is 14.6. The molecule has 0 atom stereocenters. The van der Waals surface area contributed by atoms with Gasteiger partial charge in [-0.3, -0.25) is 9.55 Å². The molecule has 6 nitrogen and oxygen atoms in total. The fraction of sp³-hybridized carbons (Fsp3) is 0. The number of hydrogen-bond donors (Lipinski definition) is 0. The lowest BCUT2D eigenvalue weighted by Crippen LogP contribution is -2.07. The summed E-state index contributed by atoms with van der Waals surface area (Å²) in [5.74, 6) is 0.728. The smallest absolute Gasteiger partial charge is 0.165 e. The lowest BCUT2D eigenvalue weighted by atomic mass is 10.0. The second kappa shape index (κ2) is 14.0. The van der Waals surface area contributed by atoms with Crippen molar-refractivity contribution in [3.05, 3.63) is 213 Å². The highest BCUT2D eigenvalue weighted by atomic mass is 16.3. The Kier molecular flexibility index (Phi) is 7.80. The van der Waals surface area contributed by atoms with Crippen molar-refractivity contribution in [1.82, 2.24) is 24.1 Å². The monoisotopic (exact) mass is 805 g/mol. The predicted molar refractivity (Wildman–Crippen MR) is 258 cm³/mol. The summed E-state index contributed by atoms with van der Waals surface area (Å²) in [6.07, 6.45) is 3.65. The van der Waals surface area contributed by atoms with E-state index in [-0.39, 0.29) is 0 Å². The molecule has 0 spiro atoms. The van der Waals surface area contributed by atoms with Gasteiger partial charge in [-0.15, -0.1) is 0 Å². The van der Waals surface area contributed by atoms with Gasteiger partial charge in [0.2, 0.25) is 0 Å². The van der Waals surface area contributed by atoms with E-state index in [9.17, 15) is 0 Å². The molecule has 294 valence electrons. The van der Waals surface area contributed by atoms with Crippen molar-refractivity contribution in [2.24, 2.45) is 0 Å². The van der Waals surface area contributed by atoms with Gasteiger partial charge in [0.15, 0.2) is 5.82 Å². The standard InChI is InChI=1S/C57H35N5O/c1-5-15-36(16-6-1)40-25-26-42-45-34-46-50(61(41-21-11-4-12-22-41)47-28-27-44-43-23-13-14-24-51(43)63-56(44)52(46)47)35-49(45)62(48(42)33-40)57-55(39-29-31-58-32-30-39)59-53(37-17-7-2-8-18-37)54(60-57)38-19-9-3-10-20-38/h1-35H. The quantitative estimate of drug-likeness (QED) is 0.168. The lowest BCUT2D eigenvalue weighted by Gasteiger charge is -2.18. The van der Waals surface area contributed by atoms with Gasteiger partial charge in [0.05, 0.1) is 38.8 Å². The van der Waals surface area contributed by atoms with Gasteiger partial charge in [-0.2, -0.15) is 0 Å². The highest BCUT2D eigenvalue weighted by Crippen LogP contribution is 2.45. The van der Waals surface area contributed by atoms with Gasteiger partial charge in [-0.05, 0) is 71.8 Å². The van der Waals surface area contributed by atoms with E-state index in [4.69, 9.17) is 14.4 Å². The summed E-state index contributed by atoms with van der Waals surface area (Å²) >= 11 is 0. The zero-order valence-corrected chi connectivity index (χ0v) is 33.9. The molecule has 6 heteroatoms. The molecule has 0 fully saturated rings. The first-order valence-electron chi connectivity index (χ1n) is 21.2. The Labute approximate surface area is 361 Å². The number of nitrogens with zero attached hydrogens (tertiary/aromatic N) is 5. The molecular weight excluding hydrogens is 771 g/mol. The normalized spacial score (nSPS) is 11.8. The fourth-order valence-electron chi connectivity index (χ4n) is 9.57. The van der Waals surface area contributed by atoms with Crippen LogP contribution in [0, 0.1) is 0 Å². The summed E-state index contributed by atoms with van der Waals surface area (Å²) in [5, 5.41) is 6.62. The molecule has 0 saturated heterocycles. The second-order valence-corrected chi connectivity index (χ2v) is 16.0. The topological polar surface area (TPSA) is 61.7 Å². The van der Waals surface area contributed by atoms with Crippen LogP contribution < -0.4 is 0 Å². The van der Waals surface area contributed by atoms with E-state index in [1.165, 1.54) is 0 Å². The number of pyridine rings is 1. The van der Waals surface area contributed by atoms with Crippen molar-refractivity contribution in [3.8, 4) is 56.4 Å². The molecule has 0 N–H and O–H groups in total. The molecule has 0 unspecified atom stereocenters. The zero-order chi connectivity index (χ0) is 41.4. The van der Waals surface area contributed by atoms with E-state index in [1.54, 1.807) is 0 Å². The fourth-order valence-corrected chi connectivity index (χ4v) is 9.57. The number of para-hydroxylation sites is 2. The Morgan fingerprint density at radius 2 is 0.937 bits per heavy atom. The first-order valence-corrected chi connectivity index (χ1v) is 21.2. The summed E-state index contributed by atoms with van der Waals surface area (Å²) in [6, 6.07) is 70.3. The molecule has 0 radical (unpaired) electrons. The largest absolute Gasteiger partial charge is 0.455 e. The Morgan fingerprint density at radius 1 is 0.349 bits per heavy atom. The van der Waals surface area contributed by atoms with Gasteiger partial charge >= 0.3 is 0 Å². The van der Waals surface area contributed by atoms with Crippen LogP contribution in [-0.4, -0.2) is 24.1 Å². The molecule has 63 heavy (non-hydrogen) atoms. The molecule has 0 aliphatic rings. The molecular formula is C57H35N5O. The van der Waals surface area contributed by atoms with Crippen molar-refractivity contribution >= 4 is 65.6 Å². The molecule has 0 aliphatic carbocycles. The van der Waals surface area contributed by atoms with Crippen LogP contribution in [0.4, 0.5) is 0 Å². The summed E-state index contributed by atoms with van der Waals surface area (Å²) in [6.45, 7) is 0. The summed E-state index contributed by atoms with van der Waals surface area (Å²) in [5.41, 5.74) is 14.5. The van der Waals surface area contributed by atoms with E-state index < -0.39 is 0 Å². The third-order valence-corrected chi connectivity index (χ3v) is 12.4. The molecule has 0 amide bonds. The van der Waals surface area contributed by atoms with Crippen LogP contribution in [0.1, 0.15) is 0 Å². The number of aromatic nitrogens is 5. The average Bonchev–Trinajstić information content (AvgIpc) is 4.01. The van der Waals surface area contributed by atoms with Crippen LogP contribution in [0.25, 0.3) is 122 Å². The number of rotatable bonds is 6. The van der Waals surface area contributed by atoms with Crippen LogP contribution >= 0.6 is 0 Å². The van der Waals surface area contributed by atoms with Crippen molar-refractivity contribution < 1.29 is 4.42 Å². The van der Waals surface area contributed by atoms with Gasteiger partial charge in [-0.1, -0.05) is 140 Å². The Hall–Kier alpha value is -8.61. The van der Waals surface area contributed by atoms with E-state index >= 15 is 0 Å². The highest BCUT2D eigenvalue weighted by molar-refractivity contribution is 6.27. The molecule has 13 aromatic rings. The second-order valence-electron chi connectivity index (χ2n) is 16.0. The van der Waals surface area contributed by atoms with E-state index in [2.05, 4.69) is 184 Å². The first-order chi connectivity index (χ1) is 31.3. The van der Waals surface area contributed by atoms with Crippen molar-refractivity contribution in [3.63, 3.8) is 0 Å². The minimum absolute atomic E-state index is 0.728. The van der Waals surface area contributed by atoms with E-state index in [0.29, 0.717) is 0 Å². The van der Waals surface area contributed by atoms with Crippen molar-refractivity contribution in [2.45, 2.75) is 0 Å². The lowest BCUT2D eigenvalue weighted by molar-refractivity contribution is 0.673. The summed E-state index contributed by atoms with van der Waals surface area (Å²) in [7, 11) is 0. The molecule has 13 rings (SSSR count).